The zero-order chi connectivity index (χ0) is 9.80. The van der Waals surface area contributed by atoms with Crippen molar-refractivity contribution < 1.29 is 0 Å². The number of hydrogen-bond acceptors (Lipinski definition) is 2. The molecule has 0 aliphatic heterocycles. The molecule has 14 heavy (non-hydrogen) atoms. The molecule has 3 nitrogen and oxygen atoms in total. The first-order valence-corrected chi connectivity index (χ1v) is 5.65. The Kier molecular flexibility index (Phi) is 3.07. The molecule has 2 N–H and O–H groups in total. The van der Waals surface area contributed by atoms with E-state index in [9.17, 15) is 0 Å². The molecule has 2 unspecified atom stereocenters. The van der Waals surface area contributed by atoms with Gasteiger partial charge in [0.2, 0.25) is 0 Å². The fraction of sp³-hybridized carbons (Fsp3) is 0.727. The molecule has 2 atom stereocenters. The highest BCUT2D eigenvalue weighted by Crippen LogP contribution is 2.28. The number of nitrogens with one attached hydrogen (secondary N) is 2. The standard InChI is InChI=1S/C11H19N3/c1-2-9-5-3-4-6-11(9)14-10-7-12-13-8-10/h7-9,11,14H,2-6H2,1H3,(H,12,13). The van der Waals surface area contributed by atoms with Gasteiger partial charge < -0.3 is 5.32 Å². The van der Waals surface area contributed by atoms with E-state index in [0.717, 1.165) is 11.6 Å². The molecule has 0 bridgehead atoms. The normalized spacial score (nSPS) is 27.5. The molecule has 1 aliphatic carbocycles. The second-order valence-electron chi connectivity index (χ2n) is 4.19. The maximum absolute atomic E-state index is 3.95. The summed E-state index contributed by atoms with van der Waals surface area (Å²) < 4.78 is 0. The zero-order valence-corrected chi connectivity index (χ0v) is 8.79. The van der Waals surface area contributed by atoms with Crippen LogP contribution in [0.3, 0.4) is 0 Å². The average Bonchev–Trinajstić information content (AvgIpc) is 2.71. The minimum Gasteiger partial charge on any atom is -0.380 e. The third kappa shape index (κ3) is 2.08. The highest BCUT2D eigenvalue weighted by atomic mass is 15.1. The lowest BCUT2D eigenvalue weighted by Gasteiger charge is -2.31. The third-order valence-corrected chi connectivity index (χ3v) is 3.28. The summed E-state index contributed by atoms with van der Waals surface area (Å²) in [7, 11) is 0. The molecular weight excluding hydrogens is 174 g/mol. The Morgan fingerprint density at radius 1 is 1.50 bits per heavy atom. The highest BCUT2D eigenvalue weighted by Gasteiger charge is 2.23. The van der Waals surface area contributed by atoms with Gasteiger partial charge in [0, 0.05) is 12.2 Å². The summed E-state index contributed by atoms with van der Waals surface area (Å²) in [5.74, 6) is 0.846. The van der Waals surface area contributed by atoms with Gasteiger partial charge in [-0.3, -0.25) is 5.10 Å². The maximum atomic E-state index is 3.95. The van der Waals surface area contributed by atoms with Crippen LogP contribution in [0.2, 0.25) is 0 Å². The summed E-state index contributed by atoms with van der Waals surface area (Å²) in [6.07, 6.45) is 10.5. The van der Waals surface area contributed by atoms with Gasteiger partial charge in [0.25, 0.3) is 0 Å². The van der Waals surface area contributed by atoms with Gasteiger partial charge in [-0.25, -0.2) is 0 Å². The van der Waals surface area contributed by atoms with Crippen molar-refractivity contribution in [3.63, 3.8) is 0 Å². The van der Waals surface area contributed by atoms with Crippen LogP contribution in [-0.4, -0.2) is 16.2 Å². The molecule has 3 heteroatoms. The van der Waals surface area contributed by atoms with Crippen LogP contribution >= 0.6 is 0 Å². The van der Waals surface area contributed by atoms with Crippen LogP contribution in [-0.2, 0) is 0 Å². The number of H-pyrrole nitrogens is 1. The Bertz CT molecular complexity index is 256. The largest absolute Gasteiger partial charge is 0.380 e. The average molecular weight is 193 g/mol. The van der Waals surface area contributed by atoms with Crippen molar-refractivity contribution in [2.45, 2.75) is 45.1 Å². The van der Waals surface area contributed by atoms with Gasteiger partial charge in [-0.2, -0.15) is 5.10 Å². The molecule has 1 saturated carbocycles. The molecule has 1 heterocycles. The summed E-state index contributed by atoms with van der Waals surface area (Å²) in [6, 6.07) is 0.659. The van der Waals surface area contributed by atoms with Crippen molar-refractivity contribution in [1.82, 2.24) is 10.2 Å². The Morgan fingerprint density at radius 3 is 3.07 bits per heavy atom. The van der Waals surface area contributed by atoms with E-state index < -0.39 is 0 Å². The predicted molar refractivity (Wildman–Crippen MR) is 58.2 cm³/mol. The van der Waals surface area contributed by atoms with E-state index in [2.05, 4.69) is 22.4 Å². The van der Waals surface area contributed by atoms with E-state index in [-0.39, 0.29) is 0 Å². The summed E-state index contributed by atoms with van der Waals surface area (Å²) in [6.45, 7) is 2.29. The van der Waals surface area contributed by atoms with Crippen molar-refractivity contribution in [3.05, 3.63) is 12.4 Å². The molecule has 0 aromatic carbocycles. The van der Waals surface area contributed by atoms with Crippen LogP contribution in [0.1, 0.15) is 39.0 Å². The summed E-state index contributed by atoms with van der Waals surface area (Å²) in [5.41, 5.74) is 1.13. The van der Waals surface area contributed by atoms with Gasteiger partial charge >= 0.3 is 0 Å². The minimum atomic E-state index is 0.659. The van der Waals surface area contributed by atoms with Crippen LogP contribution < -0.4 is 5.32 Å². The Labute approximate surface area is 85.3 Å². The fourth-order valence-electron chi connectivity index (χ4n) is 2.43. The zero-order valence-electron chi connectivity index (χ0n) is 8.79. The number of aromatic nitrogens is 2. The smallest absolute Gasteiger partial charge is 0.0726 e. The molecule has 1 aliphatic rings. The van der Waals surface area contributed by atoms with E-state index in [1.54, 1.807) is 0 Å². The lowest BCUT2D eigenvalue weighted by molar-refractivity contribution is 0.317. The van der Waals surface area contributed by atoms with E-state index in [0.29, 0.717) is 6.04 Å². The number of rotatable bonds is 3. The maximum Gasteiger partial charge on any atom is 0.0726 e. The molecule has 0 amide bonds. The van der Waals surface area contributed by atoms with Crippen LogP contribution in [0.5, 0.6) is 0 Å². The van der Waals surface area contributed by atoms with Gasteiger partial charge in [0.1, 0.15) is 0 Å². The summed E-state index contributed by atoms with van der Waals surface area (Å²) in [4.78, 5) is 0. The van der Waals surface area contributed by atoms with Gasteiger partial charge in [-0.1, -0.05) is 26.2 Å². The van der Waals surface area contributed by atoms with Crippen molar-refractivity contribution in [1.29, 1.82) is 0 Å². The quantitative estimate of drug-likeness (QED) is 0.775. The molecule has 1 aromatic rings. The lowest BCUT2D eigenvalue weighted by Crippen LogP contribution is -2.31. The van der Waals surface area contributed by atoms with Gasteiger partial charge in [-0.15, -0.1) is 0 Å². The Balaban J connectivity index is 1.94. The first-order chi connectivity index (χ1) is 6.90. The van der Waals surface area contributed by atoms with E-state index in [1.807, 2.05) is 12.4 Å². The first kappa shape index (κ1) is 9.56. The molecule has 0 radical (unpaired) electrons. The van der Waals surface area contributed by atoms with Crippen LogP contribution in [0.15, 0.2) is 12.4 Å². The summed E-state index contributed by atoms with van der Waals surface area (Å²) >= 11 is 0. The van der Waals surface area contributed by atoms with Crippen LogP contribution in [0, 0.1) is 5.92 Å². The minimum absolute atomic E-state index is 0.659. The highest BCUT2D eigenvalue weighted by molar-refractivity contribution is 5.38. The van der Waals surface area contributed by atoms with E-state index in [1.165, 1.54) is 32.1 Å². The van der Waals surface area contributed by atoms with Crippen molar-refractivity contribution in [3.8, 4) is 0 Å². The van der Waals surface area contributed by atoms with Gasteiger partial charge in [0.05, 0.1) is 11.9 Å². The Morgan fingerprint density at radius 2 is 2.36 bits per heavy atom. The van der Waals surface area contributed by atoms with Crippen LogP contribution in [0.4, 0.5) is 5.69 Å². The number of aromatic amines is 1. The molecular formula is C11H19N3. The molecule has 0 spiro atoms. The van der Waals surface area contributed by atoms with E-state index >= 15 is 0 Å². The number of nitrogens with zero attached hydrogens (tertiary/aromatic N) is 1. The molecule has 2 rings (SSSR count). The first-order valence-electron chi connectivity index (χ1n) is 5.65. The number of hydrogen-bond donors (Lipinski definition) is 2. The van der Waals surface area contributed by atoms with Crippen molar-refractivity contribution in [2.75, 3.05) is 5.32 Å². The summed E-state index contributed by atoms with van der Waals surface area (Å²) in [5, 5.41) is 10.4. The fourth-order valence-corrected chi connectivity index (χ4v) is 2.43. The molecule has 1 aromatic heterocycles. The van der Waals surface area contributed by atoms with Crippen molar-refractivity contribution in [2.24, 2.45) is 5.92 Å². The van der Waals surface area contributed by atoms with Gasteiger partial charge in [0.15, 0.2) is 0 Å². The lowest BCUT2D eigenvalue weighted by atomic mass is 9.83. The molecule has 0 saturated heterocycles. The molecule has 1 fully saturated rings. The SMILES string of the molecule is CCC1CCCCC1Nc1cn[nH]c1. The third-order valence-electron chi connectivity index (χ3n) is 3.28. The predicted octanol–water partition coefficient (Wildman–Crippen LogP) is 2.79. The second kappa shape index (κ2) is 4.49. The topological polar surface area (TPSA) is 40.7 Å². The monoisotopic (exact) mass is 193 g/mol. The van der Waals surface area contributed by atoms with Crippen molar-refractivity contribution >= 4 is 5.69 Å². The second-order valence-corrected chi connectivity index (χ2v) is 4.19. The van der Waals surface area contributed by atoms with E-state index in [4.69, 9.17) is 0 Å². The Hall–Kier alpha value is -0.990. The number of anilines is 1. The van der Waals surface area contributed by atoms with Crippen LogP contribution in [0.25, 0.3) is 0 Å². The molecule has 78 valence electrons. The van der Waals surface area contributed by atoms with Gasteiger partial charge in [-0.05, 0) is 18.8 Å².